The summed E-state index contributed by atoms with van der Waals surface area (Å²) in [6, 6.07) is 8.82. The number of carbonyl (C=O) groups is 3. The van der Waals surface area contributed by atoms with Crippen LogP contribution < -0.4 is 16.8 Å². The number of rotatable bonds is 12. The number of likely N-dealkylation sites (N-methyl/N-ethyl adjacent to an activating group) is 1. The summed E-state index contributed by atoms with van der Waals surface area (Å²) in [6.07, 6.45) is 2.94. The second-order valence-electron chi connectivity index (χ2n) is 8.42. The molecule has 0 bridgehead atoms. The number of halogens is 1. The lowest BCUT2D eigenvalue weighted by Gasteiger charge is -2.22. The number of nitrogens with zero attached hydrogens (tertiary/aromatic N) is 1. The lowest BCUT2D eigenvalue weighted by Crippen LogP contribution is -2.51. The third kappa shape index (κ3) is 8.15. The molecule has 0 aliphatic carbocycles. The maximum atomic E-state index is 13.0. The van der Waals surface area contributed by atoms with Crippen LogP contribution in [0, 0.1) is 5.82 Å². The van der Waals surface area contributed by atoms with Crippen LogP contribution in [0.4, 0.5) is 4.39 Å². The fourth-order valence-corrected chi connectivity index (χ4v) is 3.57. The maximum absolute atomic E-state index is 13.0. The highest BCUT2D eigenvalue weighted by Crippen LogP contribution is 2.21. The van der Waals surface area contributed by atoms with Crippen LogP contribution >= 0.6 is 0 Å². The molecule has 0 spiro atoms. The zero-order chi connectivity index (χ0) is 25.3. The van der Waals surface area contributed by atoms with E-state index in [4.69, 9.17) is 11.5 Å². The van der Waals surface area contributed by atoms with Crippen molar-refractivity contribution in [2.75, 3.05) is 13.6 Å². The molecule has 6 N–H and O–H groups in total. The first-order chi connectivity index (χ1) is 16.1. The minimum absolute atomic E-state index is 0.155. The fourth-order valence-electron chi connectivity index (χ4n) is 3.57. The molecule has 2 rings (SSSR count). The number of phenolic OH excluding ortho intramolecular Hbond substituents is 1. The van der Waals surface area contributed by atoms with E-state index in [0.717, 1.165) is 24.0 Å². The van der Waals surface area contributed by atoms with Crippen molar-refractivity contribution in [3.05, 3.63) is 65.0 Å². The summed E-state index contributed by atoms with van der Waals surface area (Å²) in [5.74, 6) is -1.92. The summed E-state index contributed by atoms with van der Waals surface area (Å²) in [5, 5.41) is 12.6. The number of hydrogen-bond donors (Lipinski definition) is 4. The van der Waals surface area contributed by atoms with Gasteiger partial charge in [-0.15, -0.1) is 0 Å². The number of aromatic hydroxyl groups is 1. The molecule has 0 saturated carbocycles. The number of benzene rings is 2. The second-order valence-corrected chi connectivity index (χ2v) is 8.42. The zero-order valence-corrected chi connectivity index (χ0v) is 19.6. The molecule has 0 aromatic heterocycles. The summed E-state index contributed by atoms with van der Waals surface area (Å²) in [6.45, 7) is 1.74. The van der Waals surface area contributed by atoms with Crippen molar-refractivity contribution in [3.63, 3.8) is 0 Å². The van der Waals surface area contributed by atoms with Crippen LogP contribution in [0.15, 0.2) is 42.5 Å². The number of nitrogens with one attached hydrogen (secondary N) is 1. The van der Waals surface area contributed by atoms with Crippen LogP contribution in [-0.2, 0) is 33.6 Å². The average molecular weight is 473 g/mol. The molecule has 184 valence electrons. The number of aryl methyl sites for hydroxylation is 1. The van der Waals surface area contributed by atoms with Gasteiger partial charge in [-0.05, 0) is 54.2 Å². The Hall–Kier alpha value is -3.46. The summed E-state index contributed by atoms with van der Waals surface area (Å²) in [5.41, 5.74) is 13.7. The van der Waals surface area contributed by atoms with Gasteiger partial charge in [0.25, 0.3) is 0 Å². The molecule has 34 heavy (non-hydrogen) atoms. The quantitative estimate of drug-likeness (QED) is 0.370. The van der Waals surface area contributed by atoms with Gasteiger partial charge in [0.05, 0.1) is 12.6 Å². The Morgan fingerprint density at radius 3 is 2.35 bits per heavy atom. The Kier molecular flexibility index (Phi) is 10.0. The third-order valence-corrected chi connectivity index (χ3v) is 5.51. The first-order valence-electron chi connectivity index (χ1n) is 11.2. The van der Waals surface area contributed by atoms with E-state index in [2.05, 4.69) is 12.2 Å². The van der Waals surface area contributed by atoms with Crippen molar-refractivity contribution >= 4 is 17.7 Å². The van der Waals surface area contributed by atoms with Crippen LogP contribution in [0.1, 0.15) is 36.5 Å². The number of carbonyl (C=O) groups excluding carboxylic acids is 3. The Morgan fingerprint density at radius 1 is 1.09 bits per heavy atom. The predicted molar refractivity (Wildman–Crippen MR) is 127 cm³/mol. The number of unbranched alkanes of at least 4 members (excludes halogenated alkanes) is 1. The van der Waals surface area contributed by atoms with E-state index in [1.54, 1.807) is 30.3 Å². The number of amides is 3. The molecule has 0 aliphatic rings. The van der Waals surface area contributed by atoms with E-state index in [1.807, 2.05) is 0 Å². The van der Waals surface area contributed by atoms with Gasteiger partial charge >= 0.3 is 0 Å². The first kappa shape index (κ1) is 26.8. The summed E-state index contributed by atoms with van der Waals surface area (Å²) in [4.78, 5) is 38.2. The van der Waals surface area contributed by atoms with E-state index in [1.165, 1.54) is 24.1 Å². The Morgan fingerprint density at radius 2 is 1.74 bits per heavy atom. The highest BCUT2D eigenvalue weighted by atomic mass is 19.1. The van der Waals surface area contributed by atoms with E-state index in [9.17, 15) is 23.9 Å². The largest absolute Gasteiger partial charge is 0.508 e. The highest BCUT2D eigenvalue weighted by Gasteiger charge is 2.24. The van der Waals surface area contributed by atoms with Gasteiger partial charge in [0.15, 0.2) is 0 Å². The summed E-state index contributed by atoms with van der Waals surface area (Å²) < 4.78 is 13.0. The Bertz CT molecular complexity index is 997. The van der Waals surface area contributed by atoms with Crippen molar-refractivity contribution in [1.82, 2.24) is 10.2 Å². The SMILES string of the molecule is CCCCc1cc(CC(NC(=O)CN(C)C(=O)C(N)Cc2ccc(F)cc2)C(N)=O)ccc1O. The van der Waals surface area contributed by atoms with E-state index in [0.29, 0.717) is 12.0 Å². The van der Waals surface area contributed by atoms with E-state index >= 15 is 0 Å². The normalized spacial score (nSPS) is 12.6. The molecular formula is C25H33FN4O4. The predicted octanol–water partition coefficient (Wildman–Crippen LogP) is 1.41. The lowest BCUT2D eigenvalue weighted by atomic mass is 9.99. The summed E-state index contributed by atoms with van der Waals surface area (Å²) >= 11 is 0. The molecule has 0 aliphatic heterocycles. The molecule has 3 amide bonds. The third-order valence-electron chi connectivity index (χ3n) is 5.51. The van der Waals surface area contributed by atoms with Crippen LogP contribution in [0.3, 0.4) is 0 Å². The van der Waals surface area contributed by atoms with Crippen LogP contribution in [0.2, 0.25) is 0 Å². The van der Waals surface area contributed by atoms with Gasteiger partial charge in [-0.2, -0.15) is 0 Å². The standard InChI is InChI=1S/C25H33FN4O4/c1-3-4-5-18-12-17(8-11-22(18)31)14-21(24(28)33)29-23(32)15-30(2)25(34)20(27)13-16-6-9-19(26)10-7-16/h6-12,20-21,31H,3-5,13-15,27H2,1-2H3,(H2,28,33)(H,29,32). The number of nitrogens with two attached hydrogens (primary N) is 2. The fraction of sp³-hybridized carbons (Fsp3) is 0.400. The Balaban J connectivity index is 1.95. The molecule has 0 radical (unpaired) electrons. The van der Waals surface area contributed by atoms with Gasteiger partial charge < -0.3 is 26.8 Å². The molecule has 2 atom stereocenters. The first-order valence-corrected chi connectivity index (χ1v) is 11.2. The molecule has 0 heterocycles. The molecule has 2 aromatic carbocycles. The average Bonchev–Trinajstić information content (AvgIpc) is 2.79. The second kappa shape index (κ2) is 12.7. The molecular weight excluding hydrogens is 439 g/mol. The lowest BCUT2D eigenvalue weighted by molar-refractivity contribution is -0.136. The van der Waals surface area contributed by atoms with Crippen LogP contribution in [0.25, 0.3) is 0 Å². The van der Waals surface area contributed by atoms with Gasteiger partial charge in [0.2, 0.25) is 17.7 Å². The van der Waals surface area contributed by atoms with Gasteiger partial charge in [-0.1, -0.05) is 37.6 Å². The topological polar surface area (TPSA) is 139 Å². The number of hydrogen-bond acceptors (Lipinski definition) is 5. The monoisotopic (exact) mass is 472 g/mol. The molecule has 0 saturated heterocycles. The Labute approximate surface area is 199 Å². The van der Waals surface area contributed by atoms with Crippen molar-refractivity contribution < 1.29 is 23.9 Å². The van der Waals surface area contributed by atoms with Crippen molar-refractivity contribution in [1.29, 1.82) is 0 Å². The van der Waals surface area contributed by atoms with Crippen molar-refractivity contribution in [3.8, 4) is 5.75 Å². The van der Waals surface area contributed by atoms with Gasteiger partial charge in [0.1, 0.15) is 17.6 Å². The highest BCUT2D eigenvalue weighted by molar-refractivity contribution is 5.90. The van der Waals surface area contributed by atoms with E-state index in [-0.39, 0.29) is 31.0 Å². The van der Waals surface area contributed by atoms with Crippen molar-refractivity contribution in [2.45, 2.75) is 51.1 Å². The van der Waals surface area contributed by atoms with Gasteiger partial charge in [-0.3, -0.25) is 14.4 Å². The van der Waals surface area contributed by atoms with E-state index < -0.39 is 29.8 Å². The number of primary amides is 1. The van der Waals surface area contributed by atoms with Crippen LogP contribution in [-0.4, -0.2) is 53.4 Å². The minimum Gasteiger partial charge on any atom is -0.508 e. The molecule has 2 aromatic rings. The smallest absolute Gasteiger partial charge is 0.240 e. The maximum Gasteiger partial charge on any atom is 0.240 e. The molecule has 9 heteroatoms. The zero-order valence-electron chi connectivity index (χ0n) is 19.6. The van der Waals surface area contributed by atoms with Gasteiger partial charge in [-0.25, -0.2) is 4.39 Å². The molecule has 8 nitrogen and oxygen atoms in total. The van der Waals surface area contributed by atoms with Gasteiger partial charge in [0, 0.05) is 13.5 Å². The minimum atomic E-state index is -0.979. The molecule has 0 fully saturated rings. The van der Waals surface area contributed by atoms with Crippen LogP contribution in [0.5, 0.6) is 5.75 Å². The molecule has 2 unspecified atom stereocenters. The number of phenols is 1. The van der Waals surface area contributed by atoms with Crippen molar-refractivity contribution in [2.24, 2.45) is 11.5 Å². The summed E-state index contributed by atoms with van der Waals surface area (Å²) in [7, 11) is 1.44.